The number of nitrogens with one attached hydrogen (secondary N) is 1. The first kappa shape index (κ1) is 24.2. The van der Waals surface area contributed by atoms with Gasteiger partial charge in [0.1, 0.15) is 5.75 Å². The van der Waals surface area contributed by atoms with Crippen molar-refractivity contribution in [1.29, 1.82) is 0 Å². The minimum atomic E-state index is -3.65. The number of sulfonamides is 2. The molecule has 4 rings (SSSR count). The van der Waals surface area contributed by atoms with Crippen molar-refractivity contribution in [2.45, 2.75) is 66.7 Å². The Morgan fingerprint density at radius 1 is 0.788 bits per heavy atom. The maximum atomic E-state index is 12.9. The molecule has 1 N–H and O–H groups in total. The molecule has 2 fully saturated rings. The number of hydrogen-bond donors (Lipinski definition) is 1. The summed E-state index contributed by atoms with van der Waals surface area (Å²) in [5.41, 5.74) is 1.21. The second-order valence-electron chi connectivity index (χ2n) is 8.88. The van der Waals surface area contributed by atoms with E-state index in [2.05, 4.69) is 4.72 Å². The van der Waals surface area contributed by atoms with E-state index in [4.69, 9.17) is 4.74 Å². The lowest BCUT2D eigenvalue weighted by atomic mass is 9.84. The van der Waals surface area contributed by atoms with Gasteiger partial charge in [0.05, 0.1) is 16.9 Å². The Kier molecular flexibility index (Phi) is 7.43. The third-order valence-corrected chi connectivity index (χ3v) is 10.2. The van der Waals surface area contributed by atoms with E-state index in [1.807, 2.05) is 12.1 Å². The molecule has 1 saturated heterocycles. The first-order valence-electron chi connectivity index (χ1n) is 11.6. The fourth-order valence-electron chi connectivity index (χ4n) is 4.75. The molecule has 180 valence electrons. The normalized spacial score (nSPS) is 19.4. The fourth-order valence-corrected chi connectivity index (χ4v) is 7.53. The van der Waals surface area contributed by atoms with E-state index in [0.29, 0.717) is 24.5 Å². The number of hydrogen-bond acceptors (Lipinski definition) is 5. The Balaban J connectivity index is 1.35. The molecule has 0 atom stereocenters. The summed E-state index contributed by atoms with van der Waals surface area (Å²) < 4.78 is 60.9. The number of piperidine rings is 1. The van der Waals surface area contributed by atoms with Gasteiger partial charge >= 0.3 is 0 Å². The van der Waals surface area contributed by atoms with Gasteiger partial charge in [0, 0.05) is 19.1 Å². The zero-order valence-electron chi connectivity index (χ0n) is 18.9. The molecule has 1 aliphatic carbocycles. The predicted molar refractivity (Wildman–Crippen MR) is 127 cm³/mol. The maximum absolute atomic E-state index is 12.9. The van der Waals surface area contributed by atoms with Gasteiger partial charge in [0.25, 0.3) is 0 Å². The zero-order chi connectivity index (χ0) is 23.5. The molecule has 0 spiro atoms. The molecule has 2 aromatic rings. The first-order chi connectivity index (χ1) is 15.8. The van der Waals surface area contributed by atoms with Crippen molar-refractivity contribution in [1.82, 2.24) is 9.03 Å². The molecular weight excluding hydrogens is 460 g/mol. The molecule has 0 radical (unpaired) electrons. The van der Waals surface area contributed by atoms with Crippen LogP contribution in [0.25, 0.3) is 0 Å². The summed E-state index contributed by atoms with van der Waals surface area (Å²) in [5, 5.41) is 0. The van der Waals surface area contributed by atoms with Gasteiger partial charge in [-0.3, -0.25) is 0 Å². The van der Waals surface area contributed by atoms with Gasteiger partial charge in [0.15, 0.2) is 0 Å². The van der Waals surface area contributed by atoms with Crippen LogP contribution >= 0.6 is 0 Å². The highest BCUT2D eigenvalue weighted by molar-refractivity contribution is 7.89. The molecule has 33 heavy (non-hydrogen) atoms. The van der Waals surface area contributed by atoms with E-state index in [1.165, 1.54) is 61.2 Å². The number of rotatable bonds is 7. The largest absolute Gasteiger partial charge is 0.497 e. The van der Waals surface area contributed by atoms with E-state index < -0.39 is 20.0 Å². The summed E-state index contributed by atoms with van der Waals surface area (Å²) in [7, 11) is -5.75. The first-order valence-corrected chi connectivity index (χ1v) is 14.5. The van der Waals surface area contributed by atoms with Crippen LogP contribution in [-0.4, -0.2) is 47.4 Å². The summed E-state index contributed by atoms with van der Waals surface area (Å²) >= 11 is 0. The third kappa shape index (κ3) is 5.59. The van der Waals surface area contributed by atoms with Crippen LogP contribution in [0.15, 0.2) is 58.3 Å². The van der Waals surface area contributed by atoms with E-state index in [0.717, 1.165) is 0 Å². The van der Waals surface area contributed by atoms with E-state index in [-0.39, 0.29) is 28.9 Å². The summed E-state index contributed by atoms with van der Waals surface area (Å²) in [6.07, 6.45) is 6.94. The predicted octanol–water partition coefficient (Wildman–Crippen LogP) is 3.87. The molecular formula is C24H32N2O5S2. The summed E-state index contributed by atoms with van der Waals surface area (Å²) in [4.78, 5) is 0.468. The summed E-state index contributed by atoms with van der Waals surface area (Å²) in [6, 6.07) is 13.3. The molecule has 0 aromatic heterocycles. The van der Waals surface area contributed by atoms with Gasteiger partial charge in [-0.1, -0.05) is 31.4 Å². The molecule has 7 nitrogen and oxygen atoms in total. The average Bonchev–Trinajstić information content (AvgIpc) is 2.85. The smallest absolute Gasteiger partial charge is 0.243 e. The Hall–Kier alpha value is -1.94. The van der Waals surface area contributed by atoms with Crippen LogP contribution in [0, 0.1) is 0 Å². The molecule has 2 aromatic carbocycles. The van der Waals surface area contributed by atoms with Crippen LogP contribution in [0.4, 0.5) is 0 Å². The van der Waals surface area contributed by atoms with E-state index in [9.17, 15) is 16.8 Å². The van der Waals surface area contributed by atoms with Gasteiger partial charge < -0.3 is 4.74 Å². The van der Waals surface area contributed by atoms with Crippen molar-refractivity contribution < 1.29 is 21.6 Å². The van der Waals surface area contributed by atoms with Gasteiger partial charge in [0.2, 0.25) is 20.0 Å². The SMILES string of the molecule is COc1ccc(S(=O)(=O)N2CCC(NS(=O)(=O)c3ccc(C4CCCCC4)cc3)CC2)cc1. The molecule has 1 aliphatic heterocycles. The molecule has 1 heterocycles. The minimum Gasteiger partial charge on any atom is -0.497 e. The monoisotopic (exact) mass is 492 g/mol. The van der Waals surface area contributed by atoms with Crippen LogP contribution in [0.5, 0.6) is 5.75 Å². The third-order valence-electron chi connectivity index (χ3n) is 6.74. The molecule has 1 saturated carbocycles. The summed E-state index contributed by atoms with van der Waals surface area (Å²) in [5.74, 6) is 1.12. The Bertz CT molecular complexity index is 1130. The lowest BCUT2D eigenvalue weighted by Crippen LogP contribution is -2.46. The number of methoxy groups -OCH3 is 1. The van der Waals surface area contributed by atoms with Crippen molar-refractivity contribution in [3.05, 3.63) is 54.1 Å². The van der Waals surface area contributed by atoms with Crippen molar-refractivity contribution in [3.8, 4) is 5.75 Å². The van der Waals surface area contributed by atoms with Gasteiger partial charge in [-0.05, 0) is 73.6 Å². The second kappa shape index (κ2) is 10.1. The Morgan fingerprint density at radius 3 is 1.94 bits per heavy atom. The standard InChI is InChI=1S/C24H32N2O5S2/c1-31-22-9-13-24(14-10-22)33(29,30)26-17-15-21(16-18-26)25-32(27,28)23-11-7-20(8-12-23)19-5-3-2-4-6-19/h7-14,19,21,25H,2-6,15-18H2,1H3. The maximum Gasteiger partial charge on any atom is 0.243 e. The lowest BCUT2D eigenvalue weighted by molar-refractivity contribution is 0.308. The highest BCUT2D eigenvalue weighted by Gasteiger charge is 2.31. The van der Waals surface area contributed by atoms with E-state index in [1.54, 1.807) is 24.3 Å². The molecule has 0 bridgehead atoms. The van der Waals surface area contributed by atoms with Gasteiger partial charge in [-0.2, -0.15) is 4.31 Å². The lowest BCUT2D eigenvalue weighted by Gasteiger charge is -2.31. The zero-order valence-corrected chi connectivity index (χ0v) is 20.6. The highest BCUT2D eigenvalue weighted by atomic mass is 32.2. The van der Waals surface area contributed by atoms with Crippen molar-refractivity contribution >= 4 is 20.0 Å². The average molecular weight is 493 g/mol. The van der Waals surface area contributed by atoms with Gasteiger partial charge in [-0.25, -0.2) is 21.6 Å². The Labute approximate surface area is 197 Å². The molecule has 0 unspecified atom stereocenters. The van der Waals surface area contributed by atoms with Crippen LogP contribution in [0.2, 0.25) is 0 Å². The van der Waals surface area contributed by atoms with Crippen molar-refractivity contribution in [2.75, 3.05) is 20.2 Å². The second-order valence-corrected chi connectivity index (χ2v) is 12.5. The van der Waals surface area contributed by atoms with Crippen LogP contribution in [-0.2, 0) is 20.0 Å². The number of ether oxygens (including phenoxy) is 1. The fraction of sp³-hybridized carbons (Fsp3) is 0.500. The number of benzene rings is 2. The van der Waals surface area contributed by atoms with E-state index >= 15 is 0 Å². The van der Waals surface area contributed by atoms with Crippen molar-refractivity contribution in [3.63, 3.8) is 0 Å². The highest BCUT2D eigenvalue weighted by Crippen LogP contribution is 2.33. The van der Waals surface area contributed by atoms with Crippen LogP contribution in [0.3, 0.4) is 0 Å². The molecule has 2 aliphatic rings. The Morgan fingerprint density at radius 2 is 1.36 bits per heavy atom. The molecule has 9 heteroatoms. The topological polar surface area (TPSA) is 92.8 Å². The molecule has 0 amide bonds. The number of nitrogens with zero attached hydrogens (tertiary/aromatic N) is 1. The van der Waals surface area contributed by atoms with Crippen LogP contribution in [0.1, 0.15) is 56.4 Å². The van der Waals surface area contributed by atoms with Crippen molar-refractivity contribution in [2.24, 2.45) is 0 Å². The minimum absolute atomic E-state index is 0.209. The quantitative estimate of drug-likeness (QED) is 0.633. The van der Waals surface area contributed by atoms with Crippen LogP contribution < -0.4 is 9.46 Å². The summed E-state index contributed by atoms with van der Waals surface area (Å²) in [6.45, 7) is 0.532. The van der Waals surface area contributed by atoms with Gasteiger partial charge in [-0.15, -0.1) is 0 Å².